The number of carbonyl (C=O) groups excluding carboxylic acids is 1. The van der Waals surface area contributed by atoms with Crippen molar-refractivity contribution in [1.82, 2.24) is 15.3 Å². The van der Waals surface area contributed by atoms with Gasteiger partial charge in [0.15, 0.2) is 0 Å². The van der Waals surface area contributed by atoms with Crippen LogP contribution in [0.3, 0.4) is 0 Å². The lowest BCUT2D eigenvalue weighted by Gasteiger charge is -2.11. The van der Waals surface area contributed by atoms with Crippen LogP contribution >= 0.6 is 0 Å². The number of benzene rings is 1. The molecule has 1 aliphatic heterocycles. The van der Waals surface area contributed by atoms with Crippen LogP contribution in [0.5, 0.6) is 0 Å². The molecule has 0 bridgehead atoms. The molecule has 1 atom stereocenters. The Kier molecular flexibility index (Phi) is 5.38. The molecule has 1 fully saturated rings. The monoisotopic (exact) mass is 326 g/mol. The minimum absolute atomic E-state index is 0.130. The van der Waals surface area contributed by atoms with E-state index < -0.39 is 0 Å². The highest BCUT2D eigenvalue weighted by atomic mass is 16.5. The average Bonchev–Trinajstić information content (AvgIpc) is 3.13. The van der Waals surface area contributed by atoms with Crippen LogP contribution in [0.2, 0.25) is 0 Å². The van der Waals surface area contributed by atoms with Crippen molar-refractivity contribution < 1.29 is 9.53 Å². The Bertz CT molecular complexity index is 682. The van der Waals surface area contributed by atoms with Crippen molar-refractivity contribution in [2.45, 2.75) is 32.4 Å². The third-order valence-electron chi connectivity index (χ3n) is 4.13. The molecule has 0 radical (unpaired) electrons. The molecule has 1 aromatic carbocycles. The zero-order valence-electron chi connectivity index (χ0n) is 13.8. The zero-order chi connectivity index (χ0) is 16.8. The number of anilines is 1. The van der Waals surface area contributed by atoms with Crippen molar-refractivity contribution in [1.29, 1.82) is 0 Å². The number of carbonyl (C=O) groups is 1. The largest absolute Gasteiger partial charge is 0.376 e. The molecular weight excluding hydrogens is 304 g/mol. The molecule has 24 heavy (non-hydrogen) atoms. The van der Waals surface area contributed by atoms with Crippen molar-refractivity contribution in [3.63, 3.8) is 0 Å². The zero-order valence-corrected chi connectivity index (χ0v) is 13.8. The first-order valence-corrected chi connectivity index (χ1v) is 8.22. The summed E-state index contributed by atoms with van der Waals surface area (Å²) in [7, 11) is 0. The number of ether oxygens (including phenoxy) is 1. The Morgan fingerprint density at radius 3 is 2.79 bits per heavy atom. The maximum Gasteiger partial charge on any atom is 0.254 e. The fourth-order valence-electron chi connectivity index (χ4n) is 2.63. The predicted octanol–water partition coefficient (Wildman–Crippen LogP) is 2.31. The highest BCUT2D eigenvalue weighted by molar-refractivity contribution is 5.93. The second-order valence-electron chi connectivity index (χ2n) is 5.92. The number of hydrogen-bond acceptors (Lipinski definition) is 5. The summed E-state index contributed by atoms with van der Waals surface area (Å²) in [6, 6.07) is 8.15. The molecule has 1 aromatic heterocycles. The van der Waals surface area contributed by atoms with Crippen LogP contribution in [0.25, 0.3) is 0 Å². The lowest BCUT2D eigenvalue weighted by atomic mass is 10.1. The van der Waals surface area contributed by atoms with Gasteiger partial charge in [-0.25, -0.2) is 9.97 Å². The number of hydrogen-bond donors (Lipinski definition) is 2. The van der Waals surface area contributed by atoms with Gasteiger partial charge < -0.3 is 15.4 Å². The van der Waals surface area contributed by atoms with Crippen LogP contribution in [-0.4, -0.2) is 35.1 Å². The Hall–Kier alpha value is -2.47. The Morgan fingerprint density at radius 1 is 1.29 bits per heavy atom. The standard InChI is InChI=1S/C18H22N4O2/c1-13-5-2-3-6-14(13)9-20-18-21-10-15(11-22-18)17(23)19-12-16-7-4-8-24-16/h2-3,5-6,10-11,16H,4,7-9,12H2,1H3,(H,19,23)(H,20,21,22). The smallest absolute Gasteiger partial charge is 0.254 e. The SMILES string of the molecule is Cc1ccccc1CNc1ncc(C(=O)NCC2CCCO2)cn1. The van der Waals surface area contributed by atoms with Crippen molar-refractivity contribution in [2.75, 3.05) is 18.5 Å². The normalized spacial score (nSPS) is 16.8. The van der Waals surface area contributed by atoms with Crippen molar-refractivity contribution in [3.05, 3.63) is 53.3 Å². The summed E-state index contributed by atoms with van der Waals surface area (Å²) in [4.78, 5) is 20.5. The van der Waals surface area contributed by atoms with E-state index in [0.717, 1.165) is 19.4 Å². The lowest BCUT2D eigenvalue weighted by Crippen LogP contribution is -2.31. The molecule has 1 aliphatic rings. The molecule has 2 aromatic rings. The first-order valence-electron chi connectivity index (χ1n) is 8.22. The molecule has 0 spiro atoms. The van der Waals surface area contributed by atoms with E-state index in [0.29, 0.717) is 24.6 Å². The van der Waals surface area contributed by atoms with Gasteiger partial charge >= 0.3 is 0 Å². The second kappa shape index (κ2) is 7.88. The average molecular weight is 326 g/mol. The fourth-order valence-corrected chi connectivity index (χ4v) is 2.63. The van der Waals surface area contributed by atoms with E-state index in [9.17, 15) is 4.79 Å². The lowest BCUT2D eigenvalue weighted by molar-refractivity contribution is 0.0857. The second-order valence-corrected chi connectivity index (χ2v) is 5.92. The number of rotatable bonds is 6. The Morgan fingerprint density at radius 2 is 2.08 bits per heavy atom. The summed E-state index contributed by atoms with van der Waals surface area (Å²) >= 11 is 0. The van der Waals surface area contributed by atoms with Gasteiger partial charge in [-0.2, -0.15) is 0 Å². The molecule has 126 valence electrons. The van der Waals surface area contributed by atoms with Crippen LogP contribution < -0.4 is 10.6 Å². The molecule has 2 heterocycles. The summed E-state index contributed by atoms with van der Waals surface area (Å²) in [5.74, 6) is 0.338. The quantitative estimate of drug-likeness (QED) is 0.852. The van der Waals surface area contributed by atoms with E-state index in [1.165, 1.54) is 23.5 Å². The first kappa shape index (κ1) is 16.4. The van der Waals surface area contributed by atoms with Gasteiger partial charge in [-0.1, -0.05) is 24.3 Å². The molecule has 0 saturated carbocycles. The summed E-state index contributed by atoms with van der Waals surface area (Å²) < 4.78 is 5.49. The molecule has 2 N–H and O–H groups in total. The number of nitrogens with one attached hydrogen (secondary N) is 2. The molecule has 1 amide bonds. The van der Waals surface area contributed by atoms with Gasteiger partial charge in [-0.15, -0.1) is 0 Å². The topological polar surface area (TPSA) is 76.1 Å². The molecule has 3 rings (SSSR count). The van der Waals surface area contributed by atoms with Gasteiger partial charge in [0.25, 0.3) is 5.91 Å². The van der Waals surface area contributed by atoms with Crippen molar-refractivity contribution in [2.24, 2.45) is 0 Å². The van der Waals surface area contributed by atoms with Gasteiger partial charge in [0, 0.05) is 32.1 Å². The Labute approximate surface area is 141 Å². The molecule has 1 unspecified atom stereocenters. The Balaban J connectivity index is 1.51. The van der Waals surface area contributed by atoms with E-state index >= 15 is 0 Å². The summed E-state index contributed by atoms with van der Waals surface area (Å²) in [6.07, 6.45) is 5.27. The van der Waals surface area contributed by atoms with Gasteiger partial charge in [0.2, 0.25) is 5.95 Å². The van der Waals surface area contributed by atoms with Crippen LogP contribution in [0.1, 0.15) is 34.3 Å². The van der Waals surface area contributed by atoms with E-state index in [4.69, 9.17) is 4.74 Å². The predicted molar refractivity (Wildman–Crippen MR) is 91.8 cm³/mol. The van der Waals surface area contributed by atoms with Gasteiger partial charge in [-0.3, -0.25) is 4.79 Å². The van der Waals surface area contributed by atoms with Gasteiger partial charge in [0.1, 0.15) is 0 Å². The fraction of sp³-hybridized carbons (Fsp3) is 0.389. The van der Waals surface area contributed by atoms with E-state index in [-0.39, 0.29) is 12.0 Å². The summed E-state index contributed by atoms with van der Waals surface area (Å²) in [6.45, 7) is 4.04. The summed E-state index contributed by atoms with van der Waals surface area (Å²) in [5.41, 5.74) is 2.86. The third kappa shape index (κ3) is 4.29. The molecule has 6 heteroatoms. The van der Waals surface area contributed by atoms with E-state index in [2.05, 4.69) is 39.7 Å². The highest BCUT2D eigenvalue weighted by Gasteiger charge is 2.16. The highest BCUT2D eigenvalue weighted by Crippen LogP contribution is 2.11. The first-order chi connectivity index (χ1) is 11.7. The van der Waals surface area contributed by atoms with Crippen molar-refractivity contribution >= 4 is 11.9 Å². The van der Waals surface area contributed by atoms with E-state index in [1.807, 2.05) is 12.1 Å². The number of aryl methyl sites for hydroxylation is 1. The maximum absolute atomic E-state index is 12.1. The number of aromatic nitrogens is 2. The van der Waals surface area contributed by atoms with Gasteiger partial charge in [0.05, 0.1) is 11.7 Å². The van der Waals surface area contributed by atoms with E-state index in [1.54, 1.807) is 0 Å². The summed E-state index contributed by atoms with van der Waals surface area (Å²) in [5, 5.41) is 6.03. The van der Waals surface area contributed by atoms with Crippen LogP contribution in [0.15, 0.2) is 36.7 Å². The minimum Gasteiger partial charge on any atom is -0.376 e. The molecule has 0 aliphatic carbocycles. The molecule has 1 saturated heterocycles. The maximum atomic E-state index is 12.1. The number of nitrogens with zero attached hydrogens (tertiary/aromatic N) is 2. The van der Waals surface area contributed by atoms with Crippen LogP contribution in [0.4, 0.5) is 5.95 Å². The third-order valence-corrected chi connectivity index (χ3v) is 4.13. The van der Waals surface area contributed by atoms with Crippen molar-refractivity contribution in [3.8, 4) is 0 Å². The van der Waals surface area contributed by atoms with Crippen LogP contribution in [-0.2, 0) is 11.3 Å². The minimum atomic E-state index is -0.170. The molecular formula is C18H22N4O2. The van der Waals surface area contributed by atoms with Crippen LogP contribution in [0, 0.1) is 6.92 Å². The van der Waals surface area contributed by atoms with Gasteiger partial charge in [-0.05, 0) is 30.9 Å². The molecule has 6 nitrogen and oxygen atoms in total. The number of amides is 1.